The van der Waals surface area contributed by atoms with Gasteiger partial charge in [-0.2, -0.15) is 10.1 Å². The summed E-state index contributed by atoms with van der Waals surface area (Å²) in [6.45, 7) is 4.00. The quantitative estimate of drug-likeness (QED) is 0.761. The Morgan fingerprint density at radius 2 is 2.08 bits per heavy atom. The predicted octanol–water partition coefficient (Wildman–Crippen LogP) is 3.14. The van der Waals surface area contributed by atoms with E-state index < -0.39 is 0 Å². The van der Waals surface area contributed by atoms with Crippen LogP contribution in [0.15, 0.2) is 10.7 Å². The van der Waals surface area contributed by atoms with Crippen LogP contribution in [0.4, 0.5) is 5.82 Å². The molecule has 0 amide bonds. The molecule has 1 saturated carbocycles. The van der Waals surface area contributed by atoms with Crippen LogP contribution in [-0.4, -0.2) is 29.9 Å². The van der Waals surface area contributed by atoms with E-state index in [9.17, 15) is 0 Å². The molecule has 0 bridgehead atoms. The summed E-state index contributed by atoms with van der Waals surface area (Å²) in [4.78, 5) is 14.0. The first-order valence-electron chi connectivity index (χ1n) is 8.94. The molecule has 1 atom stereocenters. The molecule has 1 aliphatic carbocycles. The number of rotatable bonds is 5. The van der Waals surface area contributed by atoms with Gasteiger partial charge in [-0.1, -0.05) is 24.9 Å². The summed E-state index contributed by atoms with van der Waals surface area (Å²) in [7, 11) is 1.91. The van der Waals surface area contributed by atoms with Crippen LogP contribution in [0.1, 0.15) is 69.0 Å². The van der Waals surface area contributed by atoms with Crippen molar-refractivity contribution < 1.29 is 4.52 Å². The average Bonchev–Trinajstić information content (AvgIpc) is 3.36. The maximum Gasteiger partial charge on any atom is 0.248 e. The molecule has 132 valence electrons. The molecule has 3 aromatic rings. The lowest BCUT2D eigenvalue weighted by molar-refractivity contribution is 0.363. The van der Waals surface area contributed by atoms with E-state index in [0.717, 1.165) is 41.9 Å². The molecule has 3 aromatic heterocycles. The molecule has 0 aliphatic heterocycles. The van der Waals surface area contributed by atoms with Gasteiger partial charge in [-0.05, 0) is 19.8 Å². The number of anilines is 1. The van der Waals surface area contributed by atoms with Gasteiger partial charge in [-0.3, -0.25) is 4.68 Å². The van der Waals surface area contributed by atoms with Gasteiger partial charge in [-0.15, -0.1) is 0 Å². The second kappa shape index (κ2) is 6.42. The zero-order valence-electron chi connectivity index (χ0n) is 14.9. The molecule has 0 saturated heterocycles. The van der Waals surface area contributed by atoms with Crippen LogP contribution in [0.2, 0.25) is 0 Å². The third kappa shape index (κ3) is 2.96. The second-order valence-electron chi connectivity index (χ2n) is 6.69. The number of aromatic nitrogens is 6. The Morgan fingerprint density at radius 1 is 1.28 bits per heavy atom. The Bertz CT molecular complexity index is 878. The highest BCUT2D eigenvalue weighted by molar-refractivity contribution is 5.86. The molecule has 0 spiro atoms. The minimum absolute atomic E-state index is 0.137. The van der Waals surface area contributed by atoms with Crippen LogP contribution in [-0.2, 0) is 13.5 Å². The highest BCUT2D eigenvalue weighted by Gasteiger charge is 2.23. The number of nitrogens with one attached hydrogen (secondary N) is 1. The smallest absolute Gasteiger partial charge is 0.248 e. The summed E-state index contributed by atoms with van der Waals surface area (Å²) in [5.41, 5.74) is 0.853. The first-order valence-corrected chi connectivity index (χ1v) is 8.94. The number of aryl methyl sites for hydroxylation is 2. The van der Waals surface area contributed by atoms with Crippen molar-refractivity contribution >= 4 is 16.9 Å². The van der Waals surface area contributed by atoms with Crippen LogP contribution in [0.5, 0.6) is 0 Å². The number of hydrogen-bond acceptors (Lipinski definition) is 7. The molecule has 1 N–H and O–H groups in total. The Labute approximate surface area is 146 Å². The van der Waals surface area contributed by atoms with Gasteiger partial charge in [0.05, 0.1) is 11.6 Å². The van der Waals surface area contributed by atoms with E-state index in [1.807, 2.05) is 20.9 Å². The lowest BCUT2D eigenvalue weighted by atomic mass is 10.1. The van der Waals surface area contributed by atoms with E-state index in [-0.39, 0.29) is 6.04 Å². The molecule has 3 heterocycles. The Hall–Kier alpha value is -2.51. The summed E-state index contributed by atoms with van der Waals surface area (Å²) in [6.07, 6.45) is 7.36. The minimum Gasteiger partial charge on any atom is -0.358 e. The van der Waals surface area contributed by atoms with Gasteiger partial charge in [0.15, 0.2) is 11.5 Å². The van der Waals surface area contributed by atoms with Crippen molar-refractivity contribution in [3.8, 4) is 0 Å². The highest BCUT2D eigenvalue weighted by atomic mass is 16.5. The van der Waals surface area contributed by atoms with Gasteiger partial charge in [0.1, 0.15) is 17.7 Å². The molecule has 1 aliphatic rings. The predicted molar refractivity (Wildman–Crippen MR) is 93.2 cm³/mol. The van der Waals surface area contributed by atoms with Crippen molar-refractivity contribution in [1.29, 1.82) is 0 Å². The van der Waals surface area contributed by atoms with Gasteiger partial charge in [-0.25, -0.2) is 9.97 Å². The van der Waals surface area contributed by atoms with Crippen molar-refractivity contribution in [3.05, 3.63) is 23.7 Å². The van der Waals surface area contributed by atoms with Gasteiger partial charge in [0, 0.05) is 19.4 Å². The van der Waals surface area contributed by atoms with Crippen LogP contribution in [0.3, 0.4) is 0 Å². The van der Waals surface area contributed by atoms with E-state index in [0.29, 0.717) is 17.6 Å². The van der Waals surface area contributed by atoms with E-state index in [2.05, 4.69) is 20.6 Å². The lowest BCUT2D eigenvalue weighted by Crippen LogP contribution is -2.12. The Morgan fingerprint density at radius 3 is 2.80 bits per heavy atom. The molecule has 1 unspecified atom stereocenters. The molecule has 8 heteroatoms. The van der Waals surface area contributed by atoms with E-state index >= 15 is 0 Å². The maximum absolute atomic E-state index is 5.35. The zero-order chi connectivity index (χ0) is 17.4. The van der Waals surface area contributed by atoms with Crippen molar-refractivity contribution in [2.24, 2.45) is 7.05 Å². The largest absolute Gasteiger partial charge is 0.358 e. The molecular weight excluding hydrogens is 318 g/mol. The van der Waals surface area contributed by atoms with Gasteiger partial charge in [0.2, 0.25) is 5.89 Å². The van der Waals surface area contributed by atoms with Gasteiger partial charge >= 0.3 is 0 Å². The fraction of sp³-hybridized carbons (Fsp3) is 0.588. The second-order valence-corrected chi connectivity index (χ2v) is 6.69. The first-order chi connectivity index (χ1) is 12.2. The van der Waals surface area contributed by atoms with E-state index in [1.165, 1.54) is 12.8 Å². The molecule has 0 aromatic carbocycles. The molecule has 0 radical (unpaired) electrons. The number of fused-ring (bicyclic) bond motifs is 1. The number of nitrogens with zero attached hydrogens (tertiary/aromatic N) is 6. The third-order valence-corrected chi connectivity index (χ3v) is 4.85. The summed E-state index contributed by atoms with van der Waals surface area (Å²) < 4.78 is 7.15. The lowest BCUT2D eigenvalue weighted by Gasteiger charge is -2.14. The molecular formula is C17H23N7O. The Balaban J connectivity index is 1.69. The van der Waals surface area contributed by atoms with Gasteiger partial charge < -0.3 is 9.84 Å². The minimum atomic E-state index is -0.137. The molecule has 25 heavy (non-hydrogen) atoms. The maximum atomic E-state index is 5.35. The fourth-order valence-electron chi connectivity index (χ4n) is 3.37. The fourth-order valence-corrected chi connectivity index (χ4v) is 3.37. The average molecular weight is 341 g/mol. The topological polar surface area (TPSA) is 94.5 Å². The van der Waals surface area contributed by atoms with E-state index in [1.54, 1.807) is 10.9 Å². The van der Waals surface area contributed by atoms with Crippen LogP contribution < -0.4 is 5.32 Å². The van der Waals surface area contributed by atoms with Crippen molar-refractivity contribution in [2.75, 3.05) is 5.32 Å². The van der Waals surface area contributed by atoms with Crippen LogP contribution in [0, 0.1) is 0 Å². The first kappa shape index (κ1) is 16.0. The standard InChI is InChI=1S/C17H23N7O/c1-4-13-20-17(25-23-13)10(2)19-15-12-9-18-24(3)16(12)22-14(21-15)11-7-5-6-8-11/h9-11H,4-8H2,1-3H3,(H,19,21,22). The normalized spacial score (nSPS) is 16.6. The third-order valence-electron chi connectivity index (χ3n) is 4.85. The monoisotopic (exact) mass is 341 g/mol. The highest BCUT2D eigenvalue weighted by Crippen LogP contribution is 2.34. The molecule has 8 nitrogen and oxygen atoms in total. The SMILES string of the molecule is CCc1noc(C(C)Nc2nc(C3CCCC3)nc3c2cnn3C)n1. The van der Waals surface area contributed by atoms with Crippen molar-refractivity contribution in [3.63, 3.8) is 0 Å². The molecule has 4 rings (SSSR count). The summed E-state index contributed by atoms with van der Waals surface area (Å²) in [5.74, 6) is 3.40. The van der Waals surface area contributed by atoms with E-state index in [4.69, 9.17) is 14.5 Å². The summed E-state index contributed by atoms with van der Waals surface area (Å²) >= 11 is 0. The zero-order valence-corrected chi connectivity index (χ0v) is 14.9. The van der Waals surface area contributed by atoms with Crippen molar-refractivity contribution in [1.82, 2.24) is 29.9 Å². The van der Waals surface area contributed by atoms with Crippen LogP contribution >= 0.6 is 0 Å². The summed E-state index contributed by atoms with van der Waals surface area (Å²) in [5, 5.41) is 12.6. The Kier molecular flexibility index (Phi) is 4.10. The van der Waals surface area contributed by atoms with Crippen LogP contribution in [0.25, 0.3) is 11.0 Å². The van der Waals surface area contributed by atoms with Gasteiger partial charge in [0.25, 0.3) is 0 Å². The number of hydrogen-bond donors (Lipinski definition) is 1. The summed E-state index contributed by atoms with van der Waals surface area (Å²) in [6, 6.07) is -0.137. The van der Waals surface area contributed by atoms with Crippen molar-refractivity contribution in [2.45, 2.75) is 57.9 Å². The molecule has 1 fully saturated rings.